The van der Waals surface area contributed by atoms with Crippen LogP contribution in [0.1, 0.15) is 44.7 Å². The van der Waals surface area contributed by atoms with Gasteiger partial charge in [-0.25, -0.2) is 4.39 Å². The molecule has 1 aliphatic rings. The maximum absolute atomic E-state index is 14.0. The fourth-order valence-electron chi connectivity index (χ4n) is 3.39. The Morgan fingerprint density at radius 1 is 1.43 bits per heavy atom. The van der Waals surface area contributed by atoms with E-state index in [9.17, 15) is 4.39 Å². The van der Waals surface area contributed by atoms with Crippen LogP contribution in [0.5, 0.6) is 5.75 Å². The van der Waals surface area contributed by atoms with Crippen molar-refractivity contribution in [1.82, 2.24) is 4.90 Å². The Morgan fingerprint density at radius 2 is 2.19 bits per heavy atom. The Kier molecular flexibility index (Phi) is 5.59. The van der Waals surface area contributed by atoms with Gasteiger partial charge in [0.25, 0.3) is 0 Å². The van der Waals surface area contributed by atoms with Crippen LogP contribution in [-0.4, -0.2) is 31.1 Å². The minimum absolute atomic E-state index is 0.274. The van der Waals surface area contributed by atoms with Gasteiger partial charge in [0.1, 0.15) is 11.6 Å². The summed E-state index contributed by atoms with van der Waals surface area (Å²) in [5.41, 5.74) is 6.73. The summed E-state index contributed by atoms with van der Waals surface area (Å²) in [7, 11) is 1.56. The summed E-state index contributed by atoms with van der Waals surface area (Å²) in [6, 6.07) is 5.18. The SMILES string of the molecule is COc1cccc(F)c1C(N)CCN1CCCC1C(C)C. The highest BCUT2D eigenvalue weighted by atomic mass is 19.1. The van der Waals surface area contributed by atoms with Crippen LogP contribution in [-0.2, 0) is 0 Å². The lowest BCUT2D eigenvalue weighted by molar-refractivity contribution is 0.199. The van der Waals surface area contributed by atoms with Crippen molar-refractivity contribution in [2.75, 3.05) is 20.2 Å². The van der Waals surface area contributed by atoms with Crippen LogP contribution in [0.3, 0.4) is 0 Å². The summed E-state index contributed by atoms with van der Waals surface area (Å²) in [5, 5.41) is 0. The first kappa shape index (κ1) is 16.2. The van der Waals surface area contributed by atoms with E-state index >= 15 is 0 Å². The molecule has 1 aromatic carbocycles. The predicted molar refractivity (Wildman–Crippen MR) is 83.9 cm³/mol. The van der Waals surface area contributed by atoms with E-state index in [2.05, 4.69) is 18.7 Å². The number of rotatable bonds is 6. The largest absolute Gasteiger partial charge is 0.496 e. The number of likely N-dealkylation sites (tertiary alicyclic amines) is 1. The summed E-state index contributed by atoms with van der Waals surface area (Å²) in [5.74, 6) is 0.930. The third-order valence-electron chi connectivity index (χ3n) is 4.51. The minimum atomic E-state index is -0.324. The van der Waals surface area contributed by atoms with Crippen molar-refractivity contribution in [3.63, 3.8) is 0 Å². The molecule has 118 valence electrons. The maximum atomic E-state index is 14.0. The van der Waals surface area contributed by atoms with Crippen molar-refractivity contribution in [2.24, 2.45) is 11.7 Å². The lowest BCUT2D eigenvalue weighted by atomic mass is 10.00. The van der Waals surface area contributed by atoms with E-state index < -0.39 is 0 Å². The monoisotopic (exact) mass is 294 g/mol. The average molecular weight is 294 g/mol. The zero-order valence-corrected chi connectivity index (χ0v) is 13.3. The van der Waals surface area contributed by atoms with Crippen LogP contribution in [0.4, 0.5) is 4.39 Å². The van der Waals surface area contributed by atoms with Gasteiger partial charge in [0.2, 0.25) is 0 Å². The van der Waals surface area contributed by atoms with Gasteiger partial charge in [0, 0.05) is 24.2 Å². The molecule has 2 atom stereocenters. The highest BCUT2D eigenvalue weighted by Crippen LogP contribution is 2.30. The van der Waals surface area contributed by atoms with Crippen molar-refractivity contribution < 1.29 is 9.13 Å². The molecule has 1 aliphatic heterocycles. The van der Waals surface area contributed by atoms with Crippen LogP contribution in [0, 0.1) is 11.7 Å². The molecule has 21 heavy (non-hydrogen) atoms. The van der Waals surface area contributed by atoms with E-state index in [1.807, 2.05) is 0 Å². The van der Waals surface area contributed by atoms with E-state index in [1.165, 1.54) is 18.9 Å². The van der Waals surface area contributed by atoms with Crippen LogP contribution in [0.15, 0.2) is 18.2 Å². The number of halogens is 1. The standard InChI is InChI=1S/C17H27FN2O/c1-12(2)15-7-5-10-20(15)11-9-14(19)17-13(18)6-4-8-16(17)21-3/h4,6,8,12,14-15H,5,7,9-11,19H2,1-3H3. The van der Waals surface area contributed by atoms with E-state index in [0.717, 1.165) is 19.5 Å². The quantitative estimate of drug-likeness (QED) is 0.874. The number of hydrogen-bond donors (Lipinski definition) is 1. The molecule has 0 bridgehead atoms. The number of benzene rings is 1. The molecule has 0 aliphatic carbocycles. The van der Waals surface area contributed by atoms with Crippen LogP contribution in [0.2, 0.25) is 0 Å². The van der Waals surface area contributed by atoms with Crippen molar-refractivity contribution in [3.05, 3.63) is 29.6 Å². The van der Waals surface area contributed by atoms with E-state index in [1.54, 1.807) is 19.2 Å². The van der Waals surface area contributed by atoms with Crippen molar-refractivity contribution in [3.8, 4) is 5.75 Å². The second-order valence-corrected chi connectivity index (χ2v) is 6.24. The fourth-order valence-corrected chi connectivity index (χ4v) is 3.39. The van der Waals surface area contributed by atoms with Gasteiger partial charge in [0.05, 0.1) is 7.11 Å². The highest BCUT2D eigenvalue weighted by molar-refractivity contribution is 5.37. The van der Waals surface area contributed by atoms with Crippen LogP contribution < -0.4 is 10.5 Å². The first-order valence-corrected chi connectivity index (χ1v) is 7.86. The molecule has 0 spiro atoms. The first-order valence-electron chi connectivity index (χ1n) is 7.86. The Morgan fingerprint density at radius 3 is 2.86 bits per heavy atom. The number of ether oxygens (including phenoxy) is 1. The molecule has 1 saturated heterocycles. The van der Waals surface area contributed by atoms with Crippen molar-refractivity contribution in [1.29, 1.82) is 0 Å². The van der Waals surface area contributed by atoms with Gasteiger partial charge in [-0.2, -0.15) is 0 Å². The normalized spacial score (nSPS) is 21.0. The second kappa shape index (κ2) is 7.23. The lowest BCUT2D eigenvalue weighted by Crippen LogP contribution is -2.35. The Balaban J connectivity index is 2.00. The molecule has 1 fully saturated rings. The molecule has 3 nitrogen and oxygen atoms in total. The number of methoxy groups -OCH3 is 1. The third-order valence-corrected chi connectivity index (χ3v) is 4.51. The average Bonchev–Trinajstić information content (AvgIpc) is 2.93. The molecule has 4 heteroatoms. The Bertz CT molecular complexity index is 464. The van der Waals surface area contributed by atoms with Crippen molar-refractivity contribution in [2.45, 2.75) is 45.2 Å². The van der Waals surface area contributed by atoms with Gasteiger partial charge in [-0.15, -0.1) is 0 Å². The molecule has 1 aromatic rings. The van der Waals surface area contributed by atoms with E-state index in [4.69, 9.17) is 10.5 Å². The Hall–Kier alpha value is -1.13. The summed E-state index contributed by atoms with van der Waals surface area (Å²) >= 11 is 0. The molecular formula is C17H27FN2O. The molecule has 0 amide bonds. The summed E-state index contributed by atoms with van der Waals surface area (Å²) < 4.78 is 19.3. The zero-order valence-electron chi connectivity index (χ0n) is 13.3. The van der Waals surface area contributed by atoms with Crippen molar-refractivity contribution >= 4 is 0 Å². The number of nitrogens with zero attached hydrogens (tertiary/aromatic N) is 1. The number of nitrogens with two attached hydrogens (primary N) is 1. The molecule has 2 rings (SSSR count). The third kappa shape index (κ3) is 3.74. The molecule has 0 radical (unpaired) electrons. The molecule has 2 unspecified atom stereocenters. The van der Waals surface area contributed by atoms with Gasteiger partial charge in [-0.1, -0.05) is 19.9 Å². The van der Waals surface area contributed by atoms with Gasteiger partial charge >= 0.3 is 0 Å². The minimum Gasteiger partial charge on any atom is -0.496 e. The first-order chi connectivity index (χ1) is 10.0. The molecular weight excluding hydrogens is 267 g/mol. The van der Waals surface area contributed by atoms with Gasteiger partial charge in [-0.05, 0) is 43.9 Å². The van der Waals surface area contributed by atoms with E-state index in [0.29, 0.717) is 23.3 Å². The van der Waals surface area contributed by atoms with Gasteiger partial charge in [0.15, 0.2) is 0 Å². The summed E-state index contributed by atoms with van der Waals surface area (Å²) in [6.07, 6.45) is 3.26. The maximum Gasteiger partial charge on any atom is 0.131 e. The fraction of sp³-hybridized carbons (Fsp3) is 0.647. The van der Waals surface area contributed by atoms with Crippen LogP contribution >= 0.6 is 0 Å². The highest BCUT2D eigenvalue weighted by Gasteiger charge is 2.27. The number of hydrogen-bond acceptors (Lipinski definition) is 3. The summed E-state index contributed by atoms with van der Waals surface area (Å²) in [6.45, 7) is 6.58. The van der Waals surface area contributed by atoms with Gasteiger partial charge in [-0.3, -0.25) is 0 Å². The molecule has 0 saturated carbocycles. The molecule has 0 aromatic heterocycles. The predicted octanol–water partition coefficient (Wildman–Crippen LogP) is 3.34. The van der Waals surface area contributed by atoms with Crippen LogP contribution in [0.25, 0.3) is 0 Å². The lowest BCUT2D eigenvalue weighted by Gasteiger charge is -2.28. The molecule has 2 N–H and O–H groups in total. The van der Waals surface area contributed by atoms with E-state index in [-0.39, 0.29) is 11.9 Å². The second-order valence-electron chi connectivity index (χ2n) is 6.24. The summed E-state index contributed by atoms with van der Waals surface area (Å²) in [4.78, 5) is 2.50. The topological polar surface area (TPSA) is 38.5 Å². The smallest absolute Gasteiger partial charge is 0.131 e. The molecule has 1 heterocycles. The zero-order chi connectivity index (χ0) is 15.4. The Labute approximate surface area is 127 Å². The van der Waals surface area contributed by atoms with Gasteiger partial charge < -0.3 is 15.4 Å².